The van der Waals surface area contributed by atoms with Crippen LogP contribution in [0.3, 0.4) is 0 Å². The van der Waals surface area contributed by atoms with E-state index in [-0.39, 0.29) is 0 Å². The highest BCUT2D eigenvalue weighted by atomic mass is 31.1. The Hall–Kier alpha value is 0.0600. The maximum Gasteiger partial charge on any atom is 0.502 e. The van der Waals surface area contributed by atoms with Crippen LogP contribution in [0.4, 0.5) is 0 Å². The lowest BCUT2D eigenvalue weighted by molar-refractivity contribution is 0.509. The fraction of sp³-hybridized carbons (Fsp3) is 1.00. The van der Waals surface area contributed by atoms with E-state index in [9.17, 15) is 0 Å². The van der Waals surface area contributed by atoms with Gasteiger partial charge in [-0.3, -0.25) is 0 Å². The summed E-state index contributed by atoms with van der Waals surface area (Å²) in [6, 6.07) is 0. The first kappa shape index (κ1) is 4.06. The summed E-state index contributed by atoms with van der Waals surface area (Å²) in [6.45, 7) is 1.23. The van der Waals surface area contributed by atoms with Crippen molar-refractivity contribution in [3.8, 4) is 0 Å². The lowest BCUT2D eigenvalue weighted by Gasteiger charge is -1.36. The van der Waals surface area contributed by atoms with Crippen LogP contribution in [0.2, 0.25) is 0 Å². The van der Waals surface area contributed by atoms with Gasteiger partial charge in [0.25, 0.3) is 0 Å². The fourth-order valence-electron chi connectivity index (χ4n) is 0. The third-order valence-electron chi connectivity index (χ3n) is 0. The largest absolute Gasteiger partial charge is 0.502 e. The molecule has 4 heavy (non-hydrogen) atoms. The van der Waals surface area contributed by atoms with Gasteiger partial charge in [-0.05, 0) is 4.57 Å². The third kappa shape index (κ3) is 643. The summed E-state index contributed by atoms with van der Waals surface area (Å²) in [5, 5.41) is 0. The van der Waals surface area contributed by atoms with E-state index in [1.807, 2.05) is 0 Å². The molecule has 0 aliphatic carbocycles. The molecule has 0 amide bonds. The molecule has 0 radical (unpaired) electrons. The molecule has 0 aliphatic heterocycles. The molecule has 0 aromatic heterocycles. The molecule has 0 heterocycles. The van der Waals surface area contributed by atoms with Crippen molar-refractivity contribution in [1.29, 1.82) is 0 Å². The molecule has 0 saturated carbocycles. The summed E-state index contributed by atoms with van der Waals surface area (Å²) >= 11 is 0. The van der Waals surface area contributed by atoms with E-state index < -0.39 is 8.03 Å². The molecule has 1 unspecified atom stereocenters. The summed E-state index contributed by atoms with van der Waals surface area (Å²) < 4.78 is 9.15. The Labute approximate surface area is 25.3 Å². The Morgan fingerprint density at radius 2 is 2.00 bits per heavy atom. The molecule has 0 saturated heterocycles. The number of hydrogen-bond donors (Lipinski definition) is 1. The Balaban J connectivity index is 2.80. The average Bonchev–Trinajstić information content (AvgIpc) is 0.811. The second-order valence-electron chi connectivity index (χ2n) is 0.464. The molecule has 0 spiro atoms. The topological polar surface area (TPSA) is 37.3 Å². The summed E-state index contributed by atoms with van der Waals surface area (Å²) in [5.74, 6) is 0. The quantitative estimate of drug-likeness (QED) is 0.425. The number of hydrogen-bond acceptors (Lipinski definition) is 1. The van der Waals surface area contributed by atoms with Gasteiger partial charge in [0.15, 0.2) is 6.66 Å². The lowest BCUT2D eigenvalue weighted by Crippen LogP contribution is -1.35. The molecule has 0 bridgehead atoms. The predicted molar refractivity (Wildman–Crippen MR) is 15.7 cm³/mol. The van der Waals surface area contributed by atoms with Crippen molar-refractivity contribution in [1.82, 2.24) is 0 Å². The fourth-order valence-corrected chi connectivity index (χ4v) is 0. The summed E-state index contributed by atoms with van der Waals surface area (Å²) in [5.41, 5.74) is 0. The third-order valence-corrected chi connectivity index (χ3v) is 0. The van der Waals surface area contributed by atoms with Gasteiger partial charge in [0, 0.05) is 0 Å². The van der Waals surface area contributed by atoms with Gasteiger partial charge in [-0.2, -0.15) is 4.89 Å². The van der Waals surface area contributed by atoms with Gasteiger partial charge >= 0.3 is 8.03 Å². The van der Waals surface area contributed by atoms with Crippen molar-refractivity contribution in [2.24, 2.45) is 0 Å². The van der Waals surface area contributed by atoms with Crippen molar-refractivity contribution in [3.05, 3.63) is 0 Å². The molecule has 0 rings (SSSR count). The summed E-state index contributed by atoms with van der Waals surface area (Å²) in [4.78, 5) is 7.56. The highest BCUT2D eigenvalue weighted by molar-refractivity contribution is 7.36. The summed E-state index contributed by atoms with van der Waals surface area (Å²) in [7, 11) is -1.87. The Bertz CT molecular complexity index is 29.0. The van der Waals surface area contributed by atoms with Crippen molar-refractivity contribution in [3.63, 3.8) is 0 Å². The maximum absolute atomic E-state index is 9.15. The molecule has 0 fully saturated rings. The first-order chi connectivity index (χ1) is 1.73. The second kappa shape index (κ2) is 1.39. The van der Waals surface area contributed by atoms with Gasteiger partial charge in [-0.25, -0.2) is 0 Å². The molecule has 1 atom stereocenters. The average molecular weight is 79.0 g/mol. The summed E-state index contributed by atoms with van der Waals surface area (Å²) in [6.07, 6.45) is 0. The Morgan fingerprint density at radius 1 is 2.00 bits per heavy atom. The van der Waals surface area contributed by atoms with Gasteiger partial charge in [-0.1, -0.05) is 0 Å². The molecule has 0 aromatic rings. The molecule has 24 valence electrons. The monoisotopic (exact) mass is 79.0 g/mol. The van der Waals surface area contributed by atoms with Crippen LogP contribution in [0, 0.1) is 0 Å². The van der Waals surface area contributed by atoms with Crippen LogP contribution in [-0.2, 0) is 4.57 Å². The van der Waals surface area contributed by atoms with Gasteiger partial charge in [0.05, 0.1) is 0 Å². The van der Waals surface area contributed by atoms with Gasteiger partial charge in [-0.15, -0.1) is 0 Å². The van der Waals surface area contributed by atoms with Crippen LogP contribution in [0.1, 0.15) is 0 Å². The van der Waals surface area contributed by atoms with Gasteiger partial charge in [0.1, 0.15) is 0 Å². The van der Waals surface area contributed by atoms with Crippen LogP contribution in [0.15, 0.2) is 0 Å². The molecular weight excluding hydrogens is 75.0 g/mol. The van der Waals surface area contributed by atoms with E-state index in [1.54, 1.807) is 0 Å². The zero-order chi connectivity index (χ0) is 3.58. The number of rotatable bonds is 0. The van der Waals surface area contributed by atoms with Crippen LogP contribution in [0.5, 0.6) is 0 Å². The normalized spacial score (nSPS) is 11.0. The van der Waals surface area contributed by atoms with Crippen LogP contribution < -0.4 is 0 Å². The first-order valence-electron chi connectivity index (χ1n) is 0.830. The minimum Gasteiger partial charge on any atom is -0.161 e. The second-order valence-corrected chi connectivity index (χ2v) is 1.39. The molecule has 2 nitrogen and oxygen atoms in total. The first-order valence-corrected chi connectivity index (χ1v) is 2.49. The molecule has 0 aromatic carbocycles. The van der Waals surface area contributed by atoms with E-state index in [4.69, 9.17) is 9.46 Å². The smallest absolute Gasteiger partial charge is 0.161 e. The Morgan fingerprint density at radius 3 is 2.00 bits per heavy atom. The van der Waals surface area contributed by atoms with Gasteiger partial charge in [0.2, 0.25) is 0 Å². The van der Waals surface area contributed by atoms with Gasteiger partial charge < -0.3 is 0 Å². The SMILES string of the molecule is C[P+](=O)O. The van der Waals surface area contributed by atoms with Crippen molar-refractivity contribution >= 4 is 8.03 Å². The minimum absolute atomic E-state index is 1.23. The molecule has 3 heteroatoms. The molecule has 0 aliphatic rings. The Kier molecular flexibility index (Phi) is 1.41. The van der Waals surface area contributed by atoms with Crippen molar-refractivity contribution < 1.29 is 9.46 Å². The van der Waals surface area contributed by atoms with E-state index in [2.05, 4.69) is 0 Å². The minimum atomic E-state index is -1.87. The van der Waals surface area contributed by atoms with E-state index >= 15 is 0 Å². The van der Waals surface area contributed by atoms with Crippen molar-refractivity contribution in [2.75, 3.05) is 6.66 Å². The zero-order valence-corrected chi connectivity index (χ0v) is 3.20. The van der Waals surface area contributed by atoms with Crippen LogP contribution in [-0.4, -0.2) is 11.6 Å². The highest BCUT2D eigenvalue weighted by Crippen LogP contribution is 1.99. The predicted octanol–water partition coefficient (Wildman–Crippen LogP) is 0.351. The van der Waals surface area contributed by atoms with E-state index in [0.717, 1.165) is 0 Å². The van der Waals surface area contributed by atoms with E-state index in [0.29, 0.717) is 0 Å². The maximum atomic E-state index is 9.15. The van der Waals surface area contributed by atoms with Crippen LogP contribution >= 0.6 is 8.03 Å². The molecule has 1 N–H and O–H groups in total. The van der Waals surface area contributed by atoms with Crippen molar-refractivity contribution in [2.45, 2.75) is 0 Å². The molecular formula is CH4O2P+. The lowest BCUT2D eigenvalue weighted by atomic mass is 12.0. The van der Waals surface area contributed by atoms with Crippen LogP contribution in [0.25, 0.3) is 0 Å². The standard InChI is InChI=1S/CH3O2P/c1-4(2)3/h1H3/p+1. The zero-order valence-electron chi connectivity index (χ0n) is 2.30. The van der Waals surface area contributed by atoms with E-state index in [1.165, 1.54) is 6.66 Å². The highest BCUT2D eigenvalue weighted by Gasteiger charge is 1.86.